The van der Waals surface area contributed by atoms with Crippen LogP contribution in [0.4, 0.5) is 4.79 Å². The molecule has 0 spiro atoms. The maximum Gasteiger partial charge on any atom is 0.410 e. The van der Waals surface area contributed by atoms with Gasteiger partial charge in [-0.3, -0.25) is 4.79 Å². The van der Waals surface area contributed by atoms with E-state index in [1.165, 1.54) is 11.5 Å². The van der Waals surface area contributed by atoms with E-state index in [0.717, 1.165) is 12.8 Å². The van der Waals surface area contributed by atoms with Crippen molar-refractivity contribution in [1.82, 2.24) is 19.4 Å². The SMILES string of the molecule is O=C(c1csnn1)N1CCC(N2CCOC2=O)CC1. The minimum atomic E-state index is -0.228. The van der Waals surface area contributed by atoms with Crippen LogP contribution in [0.1, 0.15) is 23.3 Å². The van der Waals surface area contributed by atoms with E-state index in [1.807, 2.05) is 0 Å². The van der Waals surface area contributed by atoms with Gasteiger partial charge in [-0.1, -0.05) is 4.49 Å². The van der Waals surface area contributed by atoms with E-state index in [-0.39, 0.29) is 18.0 Å². The van der Waals surface area contributed by atoms with Crippen LogP contribution in [-0.2, 0) is 4.74 Å². The highest BCUT2D eigenvalue weighted by molar-refractivity contribution is 7.03. The molecule has 1 aromatic rings. The molecule has 3 heterocycles. The van der Waals surface area contributed by atoms with Gasteiger partial charge in [0.05, 0.1) is 6.54 Å². The van der Waals surface area contributed by atoms with E-state index in [2.05, 4.69) is 9.59 Å². The molecule has 3 rings (SSSR count). The van der Waals surface area contributed by atoms with Crippen LogP contribution in [0.15, 0.2) is 5.38 Å². The highest BCUT2D eigenvalue weighted by Gasteiger charge is 2.33. The van der Waals surface area contributed by atoms with E-state index in [4.69, 9.17) is 4.74 Å². The molecule has 0 N–H and O–H groups in total. The Balaban J connectivity index is 1.57. The van der Waals surface area contributed by atoms with Crippen molar-refractivity contribution in [2.24, 2.45) is 0 Å². The molecule has 0 atom stereocenters. The van der Waals surface area contributed by atoms with Crippen molar-refractivity contribution < 1.29 is 14.3 Å². The highest BCUT2D eigenvalue weighted by Crippen LogP contribution is 2.21. The molecule has 0 aliphatic carbocycles. The Morgan fingerprint density at radius 2 is 2.16 bits per heavy atom. The van der Waals surface area contributed by atoms with Crippen LogP contribution < -0.4 is 0 Å². The van der Waals surface area contributed by atoms with Crippen molar-refractivity contribution in [3.05, 3.63) is 11.1 Å². The lowest BCUT2D eigenvalue weighted by Crippen LogP contribution is -2.47. The average molecular weight is 282 g/mol. The zero-order valence-electron chi connectivity index (χ0n) is 10.3. The molecule has 0 radical (unpaired) electrons. The Hall–Kier alpha value is -1.70. The van der Waals surface area contributed by atoms with Gasteiger partial charge in [0.2, 0.25) is 0 Å². The zero-order valence-corrected chi connectivity index (χ0v) is 11.1. The molecule has 1 aromatic heterocycles. The molecular formula is C11H14N4O3S. The third-order valence-electron chi connectivity index (χ3n) is 3.56. The molecule has 0 saturated carbocycles. The van der Waals surface area contributed by atoms with Gasteiger partial charge in [-0.2, -0.15) is 0 Å². The first kappa shape index (κ1) is 12.3. The molecule has 2 aliphatic heterocycles. The van der Waals surface area contributed by atoms with Crippen LogP contribution in [0, 0.1) is 0 Å². The molecule has 2 fully saturated rings. The Labute approximate surface area is 114 Å². The third kappa shape index (κ3) is 2.40. The number of cyclic esters (lactones) is 1. The van der Waals surface area contributed by atoms with Gasteiger partial charge in [0.25, 0.3) is 5.91 Å². The second kappa shape index (κ2) is 5.12. The minimum Gasteiger partial charge on any atom is -0.448 e. The van der Waals surface area contributed by atoms with Gasteiger partial charge >= 0.3 is 6.09 Å². The first-order chi connectivity index (χ1) is 9.25. The molecule has 2 saturated heterocycles. The fraction of sp³-hybridized carbons (Fsp3) is 0.636. The summed E-state index contributed by atoms with van der Waals surface area (Å²) in [4.78, 5) is 27.1. The third-order valence-corrected chi connectivity index (χ3v) is 4.07. The standard InChI is InChI=1S/C11H14N4O3S/c16-10(9-7-19-13-12-9)14-3-1-8(2-4-14)15-5-6-18-11(15)17/h7-8H,1-6H2. The second-order valence-electron chi connectivity index (χ2n) is 4.62. The number of piperidine rings is 1. The molecule has 2 aliphatic rings. The number of amides is 2. The smallest absolute Gasteiger partial charge is 0.410 e. The quantitative estimate of drug-likeness (QED) is 0.793. The van der Waals surface area contributed by atoms with E-state index in [1.54, 1.807) is 15.2 Å². The van der Waals surface area contributed by atoms with E-state index in [9.17, 15) is 9.59 Å². The lowest BCUT2D eigenvalue weighted by atomic mass is 10.0. The highest BCUT2D eigenvalue weighted by atomic mass is 32.1. The summed E-state index contributed by atoms with van der Waals surface area (Å²) in [5.74, 6) is -0.0730. The maximum atomic E-state index is 12.1. The van der Waals surface area contributed by atoms with Crippen molar-refractivity contribution >= 4 is 23.5 Å². The molecule has 0 aromatic carbocycles. The number of aromatic nitrogens is 2. The molecule has 102 valence electrons. The number of hydrogen-bond donors (Lipinski definition) is 0. The van der Waals surface area contributed by atoms with Crippen molar-refractivity contribution in [3.8, 4) is 0 Å². The predicted octanol–water partition coefficient (Wildman–Crippen LogP) is 0.595. The number of likely N-dealkylation sites (tertiary alicyclic amines) is 1. The van der Waals surface area contributed by atoms with Gasteiger partial charge in [-0.25, -0.2) is 4.79 Å². The number of ether oxygens (including phenoxy) is 1. The summed E-state index contributed by atoms with van der Waals surface area (Å²) in [5.41, 5.74) is 0.407. The van der Waals surface area contributed by atoms with E-state index < -0.39 is 0 Å². The predicted molar refractivity (Wildman–Crippen MR) is 66.9 cm³/mol. The Kier molecular flexibility index (Phi) is 3.33. The number of carbonyl (C=O) groups excluding carboxylic acids is 2. The minimum absolute atomic E-state index is 0.0730. The van der Waals surface area contributed by atoms with Crippen molar-refractivity contribution in [2.75, 3.05) is 26.2 Å². The molecule has 8 heteroatoms. The summed E-state index contributed by atoms with van der Waals surface area (Å²) < 4.78 is 8.64. The van der Waals surface area contributed by atoms with E-state index >= 15 is 0 Å². The number of carbonyl (C=O) groups is 2. The van der Waals surface area contributed by atoms with Crippen LogP contribution in [-0.4, -0.2) is 63.7 Å². The molecule has 7 nitrogen and oxygen atoms in total. The van der Waals surface area contributed by atoms with Crippen LogP contribution >= 0.6 is 11.5 Å². The summed E-state index contributed by atoms with van der Waals surface area (Å²) in [6.07, 6.45) is 1.35. The van der Waals surface area contributed by atoms with Crippen molar-refractivity contribution in [3.63, 3.8) is 0 Å². The molecule has 19 heavy (non-hydrogen) atoms. The van der Waals surface area contributed by atoms with Crippen LogP contribution in [0.25, 0.3) is 0 Å². The Morgan fingerprint density at radius 3 is 2.74 bits per heavy atom. The summed E-state index contributed by atoms with van der Waals surface area (Å²) >= 11 is 1.18. The van der Waals surface area contributed by atoms with Crippen molar-refractivity contribution in [2.45, 2.75) is 18.9 Å². The molecule has 0 bridgehead atoms. The van der Waals surface area contributed by atoms with Crippen LogP contribution in [0.2, 0.25) is 0 Å². The summed E-state index contributed by atoms with van der Waals surface area (Å²) in [6, 6.07) is 0.188. The lowest BCUT2D eigenvalue weighted by Gasteiger charge is -2.35. The van der Waals surface area contributed by atoms with Gasteiger partial charge in [0, 0.05) is 24.5 Å². The maximum absolute atomic E-state index is 12.1. The number of hydrogen-bond acceptors (Lipinski definition) is 6. The monoisotopic (exact) mass is 282 g/mol. The fourth-order valence-corrected chi connectivity index (χ4v) is 2.97. The normalized spacial score (nSPS) is 20.7. The van der Waals surface area contributed by atoms with Crippen LogP contribution in [0.3, 0.4) is 0 Å². The lowest BCUT2D eigenvalue weighted by molar-refractivity contribution is 0.0653. The molecule has 2 amide bonds. The number of rotatable bonds is 2. The topological polar surface area (TPSA) is 75.6 Å². The first-order valence-electron chi connectivity index (χ1n) is 6.25. The summed E-state index contributed by atoms with van der Waals surface area (Å²) in [6.45, 7) is 2.42. The van der Waals surface area contributed by atoms with Gasteiger partial charge < -0.3 is 14.5 Å². The molecular weight excluding hydrogens is 268 g/mol. The van der Waals surface area contributed by atoms with Gasteiger partial charge in [-0.05, 0) is 24.4 Å². The van der Waals surface area contributed by atoms with Crippen LogP contribution in [0.5, 0.6) is 0 Å². The van der Waals surface area contributed by atoms with Gasteiger partial charge in [-0.15, -0.1) is 5.10 Å². The first-order valence-corrected chi connectivity index (χ1v) is 7.09. The Morgan fingerprint density at radius 1 is 1.37 bits per heavy atom. The van der Waals surface area contributed by atoms with Gasteiger partial charge in [0.1, 0.15) is 6.61 Å². The average Bonchev–Trinajstić information content (AvgIpc) is 3.09. The molecule has 0 unspecified atom stereocenters. The fourth-order valence-electron chi connectivity index (χ4n) is 2.54. The zero-order chi connectivity index (χ0) is 13.2. The summed E-state index contributed by atoms with van der Waals surface area (Å²) in [7, 11) is 0. The van der Waals surface area contributed by atoms with E-state index in [0.29, 0.717) is 31.9 Å². The summed E-state index contributed by atoms with van der Waals surface area (Å²) in [5, 5.41) is 5.45. The Bertz CT molecular complexity index is 470. The number of nitrogens with zero attached hydrogens (tertiary/aromatic N) is 4. The largest absolute Gasteiger partial charge is 0.448 e. The van der Waals surface area contributed by atoms with Crippen molar-refractivity contribution in [1.29, 1.82) is 0 Å². The van der Waals surface area contributed by atoms with Gasteiger partial charge in [0.15, 0.2) is 5.69 Å². The second-order valence-corrected chi connectivity index (χ2v) is 5.23.